The number of ether oxygens (including phenoxy) is 3. The molecule has 0 spiro atoms. The van der Waals surface area contributed by atoms with Gasteiger partial charge in [0.2, 0.25) is 0 Å². The summed E-state index contributed by atoms with van der Waals surface area (Å²) in [6.07, 6.45) is 0. The second-order valence-electron chi connectivity index (χ2n) is 6.50. The van der Waals surface area contributed by atoms with E-state index >= 15 is 0 Å². The summed E-state index contributed by atoms with van der Waals surface area (Å²) in [6, 6.07) is 20.7. The van der Waals surface area contributed by atoms with Crippen LogP contribution in [0, 0.1) is 0 Å². The summed E-state index contributed by atoms with van der Waals surface area (Å²) in [6.45, 7) is 2.35. The number of rotatable bonds is 9. The average molecular weight is 420 g/mol. The van der Waals surface area contributed by atoms with Crippen molar-refractivity contribution in [3.05, 3.63) is 78.4 Å². The molecule has 0 saturated heterocycles. The van der Waals surface area contributed by atoms with Gasteiger partial charge in [-0.15, -0.1) is 0 Å². The van der Waals surface area contributed by atoms with Crippen LogP contribution >= 0.6 is 0 Å². The quantitative estimate of drug-likeness (QED) is 0.537. The van der Waals surface area contributed by atoms with Crippen LogP contribution in [0.3, 0.4) is 0 Å². The van der Waals surface area contributed by atoms with Crippen LogP contribution in [0.1, 0.15) is 17.3 Å². The summed E-state index contributed by atoms with van der Waals surface area (Å²) in [7, 11) is 1.58. The highest BCUT2D eigenvalue weighted by Gasteiger charge is 2.08. The molecule has 0 bridgehead atoms. The lowest BCUT2D eigenvalue weighted by Crippen LogP contribution is -2.20. The summed E-state index contributed by atoms with van der Waals surface area (Å²) in [5, 5.41) is 5.56. The first-order valence-corrected chi connectivity index (χ1v) is 9.78. The minimum atomic E-state index is -0.287. The average Bonchev–Trinajstić information content (AvgIpc) is 2.80. The zero-order valence-electron chi connectivity index (χ0n) is 17.4. The van der Waals surface area contributed by atoms with Gasteiger partial charge in [0.1, 0.15) is 17.2 Å². The van der Waals surface area contributed by atoms with Crippen molar-refractivity contribution < 1.29 is 23.8 Å². The number of carbonyl (C=O) groups excluding carboxylic acids is 2. The third-order valence-corrected chi connectivity index (χ3v) is 4.28. The summed E-state index contributed by atoms with van der Waals surface area (Å²) in [5.41, 5.74) is 1.79. The third-order valence-electron chi connectivity index (χ3n) is 4.28. The highest BCUT2D eigenvalue weighted by Crippen LogP contribution is 2.18. The van der Waals surface area contributed by atoms with Crippen molar-refractivity contribution in [3.8, 4) is 17.2 Å². The first-order chi connectivity index (χ1) is 15.1. The molecule has 31 heavy (non-hydrogen) atoms. The minimum Gasteiger partial charge on any atom is -0.497 e. The monoisotopic (exact) mass is 420 g/mol. The predicted octanol–water partition coefficient (Wildman–Crippen LogP) is 4.36. The zero-order valence-corrected chi connectivity index (χ0v) is 17.4. The Hall–Kier alpha value is -4.00. The van der Waals surface area contributed by atoms with Crippen LogP contribution in [-0.2, 0) is 4.79 Å². The maximum Gasteiger partial charge on any atom is 0.262 e. The Balaban J connectivity index is 1.48. The molecule has 0 aliphatic heterocycles. The minimum absolute atomic E-state index is 0.148. The van der Waals surface area contributed by atoms with E-state index in [9.17, 15) is 9.59 Å². The second-order valence-corrected chi connectivity index (χ2v) is 6.50. The van der Waals surface area contributed by atoms with Crippen LogP contribution in [0.5, 0.6) is 17.2 Å². The van der Waals surface area contributed by atoms with Gasteiger partial charge in [0.15, 0.2) is 6.61 Å². The number of nitrogens with one attached hydrogen (secondary N) is 2. The largest absolute Gasteiger partial charge is 0.497 e. The van der Waals surface area contributed by atoms with E-state index in [-0.39, 0.29) is 18.4 Å². The van der Waals surface area contributed by atoms with Crippen LogP contribution in [0.15, 0.2) is 72.8 Å². The standard InChI is InChI=1S/C24H24N2O5/c1-3-30-21-14-8-18(9-15-21)25-23(27)16-31-22-10-4-17(5-11-22)24(28)26-19-6-12-20(29-2)13-7-19/h4-15H,3,16H2,1-2H3,(H,25,27)(H,26,28). The molecule has 0 aliphatic carbocycles. The van der Waals surface area contributed by atoms with Crippen LogP contribution < -0.4 is 24.8 Å². The van der Waals surface area contributed by atoms with Crippen molar-refractivity contribution >= 4 is 23.2 Å². The van der Waals surface area contributed by atoms with Gasteiger partial charge in [-0.25, -0.2) is 0 Å². The van der Waals surface area contributed by atoms with Gasteiger partial charge in [-0.2, -0.15) is 0 Å². The van der Waals surface area contributed by atoms with Crippen molar-refractivity contribution in [1.82, 2.24) is 0 Å². The number of hydrogen-bond acceptors (Lipinski definition) is 5. The highest BCUT2D eigenvalue weighted by molar-refractivity contribution is 6.04. The molecule has 0 aliphatic rings. The molecule has 160 valence electrons. The molecule has 0 heterocycles. The Bertz CT molecular complexity index is 1000. The molecule has 0 aromatic heterocycles. The van der Waals surface area contributed by atoms with E-state index in [1.165, 1.54) is 0 Å². The molecule has 0 radical (unpaired) electrons. The van der Waals surface area contributed by atoms with E-state index in [1.807, 2.05) is 6.92 Å². The van der Waals surface area contributed by atoms with Gasteiger partial charge in [-0.1, -0.05) is 0 Å². The number of hydrogen-bond donors (Lipinski definition) is 2. The SMILES string of the molecule is CCOc1ccc(NC(=O)COc2ccc(C(=O)Nc3ccc(OC)cc3)cc2)cc1. The number of methoxy groups -OCH3 is 1. The lowest BCUT2D eigenvalue weighted by atomic mass is 10.2. The van der Waals surface area contributed by atoms with Crippen LogP contribution in [-0.4, -0.2) is 32.1 Å². The van der Waals surface area contributed by atoms with E-state index < -0.39 is 0 Å². The first kappa shape index (κ1) is 21.7. The fourth-order valence-electron chi connectivity index (χ4n) is 2.73. The molecule has 3 aromatic carbocycles. The third kappa shape index (κ3) is 6.50. The van der Waals surface area contributed by atoms with Crippen molar-refractivity contribution in [1.29, 1.82) is 0 Å². The van der Waals surface area contributed by atoms with Crippen molar-refractivity contribution in [3.63, 3.8) is 0 Å². The Morgan fingerprint density at radius 1 is 0.710 bits per heavy atom. The lowest BCUT2D eigenvalue weighted by Gasteiger charge is -2.09. The van der Waals surface area contributed by atoms with Gasteiger partial charge in [-0.3, -0.25) is 9.59 Å². The number of benzene rings is 3. The number of amides is 2. The van der Waals surface area contributed by atoms with E-state index in [0.29, 0.717) is 35.0 Å². The number of anilines is 2. The zero-order chi connectivity index (χ0) is 22.1. The van der Waals surface area contributed by atoms with E-state index in [1.54, 1.807) is 79.9 Å². The first-order valence-electron chi connectivity index (χ1n) is 9.78. The second kappa shape index (κ2) is 10.7. The molecule has 0 unspecified atom stereocenters. The Morgan fingerprint density at radius 3 is 1.81 bits per heavy atom. The maximum atomic E-state index is 12.4. The molecule has 0 atom stereocenters. The predicted molar refractivity (Wildman–Crippen MR) is 119 cm³/mol. The molecule has 0 saturated carbocycles. The summed E-state index contributed by atoms with van der Waals surface area (Å²) in [5.74, 6) is 1.41. The summed E-state index contributed by atoms with van der Waals surface area (Å²) >= 11 is 0. The maximum absolute atomic E-state index is 12.4. The molecule has 7 nitrogen and oxygen atoms in total. The van der Waals surface area contributed by atoms with Gasteiger partial charge in [-0.05, 0) is 79.7 Å². The molecular weight excluding hydrogens is 396 g/mol. The lowest BCUT2D eigenvalue weighted by molar-refractivity contribution is -0.118. The number of carbonyl (C=O) groups is 2. The van der Waals surface area contributed by atoms with Crippen LogP contribution in [0.4, 0.5) is 11.4 Å². The van der Waals surface area contributed by atoms with E-state index in [2.05, 4.69) is 10.6 Å². The van der Waals surface area contributed by atoms with Gasteiger partial charge in [0.25, 0.3) is 11.8 Å². The van der Waals surface area contributed by atoms with Crippen molar-refractivity contribution in [2.45, 2.75) is 6.92 Å². The molecule has 3 aromatic rings. The van der Waals surface area contributed by atoms with Crippen molar-refractivity contribution in [2.75, 3.05) is 31.0 Å². The molecule has 7 heteroatoms. The van der Waals surface area contributed by atoms with E-state index in [0.717, 1.165) is 5.75 Å². The highest BCUT2D eigenvalue weighted by atomic mass is 16.5. The molecule has 0 fully saturated rings. The fourth-order valence-corrected chi connectivity index (χ4v) is 2.73. The summed E-state index contributed by atoms with van der Waals surface area (Å²) in [4.78, 5) is 24.4. The van der Waals surface area contributed by atoms with Gasteiger partial charge in [0, 0.05) is 16.9 Å². The topological polar surface area (TPSA) is 85.9 Å². The van der Waals surface area contributed by atoms with E-state index in [4.69, 9.17) is 14.2 Å². The fraction of sp³-hybridized carbons (Fsp3) is 0.167. The van der Waals surface area contributed by atoms with Gasteiger partial charge in [0.05, 0.1) is 13.7 Å². The summed E-state index contributed by atoms with van der Waals surface area (Å²) < 4.78 is 16.0. The van der Waals surface area contributed by atoms with Gasteiger partial charge < -0.3 is 24.8 Å². The molecular formula is C24H24N2O5. The smallest absolute Gasteiger partial charge is 0.262 e. The van der Waals surface area contributed by atoms with Crippen LogP contribution in [0.2, 0.25) is 0 Å². The molecule has 2 N–H and O–H groups in total. The normalized spacial score (nSPS) is 10.1. The Kier molecular flexibility index (Phi) is 7.48. The molecule has 2 amide bonds. The molecule has 3 rings (SSSR count). The Labute approximate surface area is 180 Å². The van der Waals surface area contributed by atoms with Gasteiger partial charge >= 0.3 is 0 Å². The van der Waals surface area contributed by atoms with Crippen LogP contribution in [0.25, 0.3) is 0 Å². The van der Waals surface area contributed by atoms with Crippen molar-refractivity contribution in [2.24, 2.45) is 0 Å². The Morgan fingerprint density at radius 2 is 1.23 bits per heavy atom.